The monoisotopic (exact) mass is 296 g/mol. The number of benzene rings is 1. The van der Waals surface area contributed by atoms with E-state index in [-0.39, 0.29) is 0 Å². The Hall–Kier alpha value is -1.07. The Bertz CT molecular complexity index is 543. The van der Waals surface area contributed by atoms with E-state index in [0.29, 0.717) is 16.9 Å². The maximum Gasteiger partial charge on any atom is 0.240 e. The molecule has 1 aromatic carbocycles. The van der Waals surface area contributed by atoms with E-state index in [1.807, 2.05) is 6.07 Å². The molecule has 0 radical (unpaired) electrons. The lowest BCUT2D eigenvalue weighted by Gasteiger charge is -2.32. The Morgan fingerprint density at radius 3 is 2.70 bits per heavy atom. The first-order chi connectivity index (χ1) is 9.56. The predicted molar refractivity (Wildman–Crippen MR) is 82.3 cm³/mol. The average Bonchev–Trinajstić information content (AvgIpc) is 2.48. The molecular formula is C15H24N2O2S. The molecule has 2 rings (SSSR count). The molecule has 1 saturated carbocycles. The van der Waals surface area contributed by atoms with Crippen LogP contribution in [0.5, 0.6) is 0 Å². The summed E-state index contributed by atoms with van der Waals surface area (Å²) in [6.07, 6.45) is 6.17. The van der Waals surface area contributed by atoms with Crippen molar-refractivity contribution in [3.8, 4) is 0 Å². The smallest absolute Gasteiger partial charge is 0.240 e. The lowest BCUT2D eigenvalue weighted by atomic mass is 9.83. The quantitative estimate of drug-likeness (QED) is 0.878. The molecule has 5 heteroatoms. The summed E-state index contributed by atoms with van der Waals surface area (Å²) >= 11 is 0. The van der Waals surface area contributed by atoms with Gasteiger partial charge in [-0.1, -0.05) is 32.3 Å². The van der Waals surface area contributed by atoms with Crippen molar-refractivity contribution in [2.45, 2.75) is 50.0 Å². The number of anilines is 1. The van der Waals surface area contributed by atoms with E-state index in [2.05, 4.69) is 17.0 Å². The van der Waals surface area contributed by atoms with E-state index < -0.39 is 10.0 Å². The molecule has 0 bridgehead atoms. The molecule has 0 aliphatic heterocycles. The first-order valence-corrected chi connectivity index (χ1v) is 8.85. The highest BCUT2D eigenvalue weighted by molar-refractivity contribution is 7.89. The lowest BCUT2D eigenvalue weighted by Crippen LogP contribution is -2.31. The third-order valence-corrected chi connectivity index (χ3v) is 5.61. The molecule has 112 valence electrons. The van der Waals surface area contributed by atoms with Gasteiger partial charge in [0, 0.05) is 11.7 Å². The van der Waals surface area contributed by atoms with Crippen molar-refractivity contribution in [1.29, 1.82) is 0 Å². The molecule has 2 atom stereocenters. The Labute approximate surface area is 122 Å². The van der Waals surface area contributed by atoms with E-state index in [0.717, 1.165) is 5.69 Å². The highest BCUT2D eigenvalue weighted by Crippen LogP contribution is 2.29. The van der Waals surface area contributed by atoms with Gasteiger partial charge in [0.1, 0.15) is 0 Å². The first-order valence-electron chi connectivity index (χ1n) is 7.37. The second kappa shape index (κ2) is 6.59. The van der Waals surface area contributed by atoms with Crippen LogP contribution in [0.4, 0.5) is 5.69 Å². The van der Waals surface area contributed by atoms with Crippen LogP contribution in [-0.2, 0) is 10.0 Å². The van der Waals surface area contributed by atoms with Crippen LogP contribution in [0, 0.1) is 5.92 Å². The van der Waals surface area contributed by atoms with Crippen LogP contribution in [0.25, 0.3) is 0 Å². The third-order valence-electron chi connectivity index (χ3n) is 4.20. The summed E-state index contributed by atoms with van der Waals surface area (Å²) in [7, 11) is -1.94. The molecular weight excluding hydrogens is 272 g/mol. The minimum atomic E-state index is -3.37. The zero-order chi connectivity index (χ0) is 14.6. The van der Waals surface area contributed by atoms with Gasteiger partial charge in [0.25, 0.3) is 0 Å². The van der Waals surface area contributed by atoms with Crippen molar-refractivity contribution in [2.24, 2.45) is 5.92 Å². The van der Waals surface area contributed by atoms with Crippen molar-refractivity contribution in [2.75, 3.05) is 12.4 Å². The van der Waals surface area contributed by atoms with Gasteiger partial charge in [0.05, 0.1) is 4.90 Å². The van der Waals surface area contributed by atoms with Crippen LogP contribution in [0.15, 0.2) is 29.2 Å². The SMILES string of the molecule is CCC1CCCCC1Nc1cccc(S(=O)(=O)NC)c1. The van der Waals surface area contributed by atoms with E-state index in [9.17, 15) is 8.42 Å². The fraction of sp³-hybridized carbons (Fsp3) is 0.600. The molecule has 1 aliphatic rings. The fourth-order valence-corrected chi connectivity index (χ4v) is 3.75. The van der Waals surface area contributed by atoms with Gasteiger partial charge in [-0.05, 0) is 44.0 Å². The molecule has 0 heterocycles. The van der Waals surface area contributed by atoms with Crippen molar-refractivity contribution in [1.82, 2.24) is 4.72 Å². The fourth-order valence-electron chi connectivity index (χ4n) is 2.97. The summed E-state index contributed by atoms with van der Waals surface area (Å²) in [5, 5.41) is 3.53. The highest BCUT2D eigenvalue weighted by Gasteiger charge is 2.23. The van der Waals surface area contributed by atoms with Gasteiger partial charge < -0.3 is 5.32 Å². The van der Waals surface area contributed by atoms with Crippen molar-refractivity contribution >= 4 is 15.7 Å². The van der Waals surface area contributed by atoms with Gasteiger partial charge in [0.15, 0.2) is 0 Å². The Morgan fingerprint density at radius 1 is 1.25 bits per heavy atom. The van der Waals surface area contributed by atoms with Gasteiger partial charge >= 0.3 is 0 Å². The van der Waals surface area contributed by atoms with Crippen LogP contribution in [0.1, 0.15) is 39.0 Å². The van der Waals surface area contributed by atoms with Crippen molar-refractivity contribution < 1.29 is 8.42 Å². The topological polar surface area (TPSA) is 58.2 Å². The number of rotatable bonds is 5. The maximum atomic E-state index is 11.8. The minimum absolute atomic E-state index is 0.314. The van der Waals surface area contributed by atoms with Crippen LogP contribution in [0.3, 0.4) is 0 Å². The van der Waals surface area contributed by atoms with E-state index >= 15 is 0 Å². The maximum absolute atomic E-state index is 11.8. The predicted octanol–water partition coefficient (Wildman–Crippen LogP) is 2.98. The Morgan fingerprint density at radius 2 is 2.00 bits per heavy atom. The largest absolute Gasteiger partial charge is 0.382 e. The van der Waals surface area contributed by atoms with Gasteiger partial charge in [-0.3, -0.25) is 0 Å². The van der Waals surface area contributed by atoms with Gasteiger partial charge in [-0.25, -0.2) is 13.1 Å². The van der Waals surface area contributed by atoms with Crippen LogP contribution >= 0.6 is 0 Å². The third kappa shape index (κ3) is 3.52. The van der Waals surface area contributed by atoms with Gasteiger partial charge in [0.2, 0.25) is 10.0 Å². The van der Waals surface area contributed by atoms with Crippen LogP contribution in [0.2, 0.25) is 0 Å². The summed E-state index contributed by atoms with van der Waals surface area (Å²) in [5.41, 5.74) is 0.895. The number of hydrogen-bond acceptors (Lipinski definition) is 3. The van der Waals surface area contributed by atoms with E-state index in [4.69, 9.17) is 0 Å². The van der Waals surface area contributed by atoms with Crippen molar-refractivity contribution in [3.63, 3.8) is 0 Å². The molecule has 0 amide bonds. The molecule has 0 spiro atoms. The second-order valence-corrected chi connectivity index (χ2v) is 7.33. The highest BCUT2D eigenvalue weighted by atomic mass is 32.2. The van der Waals surface area contributed by atoms with Crippen LogP contribution < -0.4 is 10.0 Å². The first kappa shape index (κ1) is 15.3. The lowest BCUT2D eigenvalue weighted by molar-refractivity contribution is 0.317. The number of nitrogens with one attached hydrogen (secondary N) is 2. The molecule has 2 unspecified atom stereocenters. The molecule has 1 fully saturated rings. The summed E-state index contributed by atoms with van der Waals surface area (Å²) in [6.45, 7) is 2.23. The zero-order valence-electron chi connectivity index (χ0n) is 12.2. The van der Waals surface area contributed by atoms with Crippen molar-refractivity contribution in [3.05, 3.63) is 24.3 Å². The second-order valence-electron chi connectivity index (χ2n) is 5.44. The van der Waals surface area contributed by atoms with E-state index in [1.54, 1.807) is 18.2 Å². The average molecular weight is 296 g/mol. The minimum Gasteiger partial charge on any atom is -0.382 e. The molecule has 2 N–H and O–H groups in total. The van der Waals surface area contributed by atoms with Gasteiger partial charge in [-0.2, -0.15) is 0 Å². The Kier molecular flexibility index (Phi) is 5.05. The van der Waals surface area contributed by atoms with Gasteiger partial charge in [-0.15, -0.1) is 0 Å². The molecule has 0 aromatic heterocycles. The summed E-state index contributed by atoms with van der Waals surface area (Å²) in [4.78, 5) is 0.314. The van der Waals surface area contributed by atoms with Crippen LogP contribution in [-0.4, -0.2) is 21.5 Å². The standard InChI is InChI=1S/C15H24N2O2S/c1-3-12-7-4-5-10-15(12)17-13-8-6-9-14(11-13)20(18,19)16-2/h6,8-9,11-12,15-17H,3-5,7,10H2,1-2H3. The molecule has 0 saturated heterocycles. The summed E-state index contributed by atoms with van der Waals surface area (Å²) < 4.78 is 26.0. The van der Waals surface area contributed by atoms with E-state index in [1.165, 1.54) is 39.2 Å². The molecule has 1 aliphatic carbocycles. The summed E-state index contributed by atoms with van der Waals surface area (Å²) in [6, 6.07) is 7.52. The Balaban J connectivity index is 2.15. The summed E-state index contributed by atoms with van der Waals surface area (Å²) in [5.74, 6) is 0.688. The molecule has 20 heavy (non-hydrogen) atoms. The molecule has 4 nitrogen and oxygen atoms in total. The number of hydrogen-bond donors (Lipinski definition) is 2. The number of sulfonamides is 1. The zero-order valence-corrected chi connectivity index (χ0v) is 13.0. The normalized spacial score (nSPS) is 23.5. The molecule has 1 aromatic rings.